The van der Waals surface area contributed by atoms with Gasteiger partial charge in [0.1, 0.15) is 0 Å². The van der Waals surface area contributed by atoms with Crippen molar-refractivity contribution in [1.29, 1.82) is 0 Å². The monoisotopic (exact) mass is 253 g/mol. The van der Waals surface area contributed by atoms with Crippen molar-refractivity contribution in [2.45, 2.75) is 51.0 Å². The van der Waals surface area contributed by atoms with Gasteiger partial charge in [0, 0.05) is 17.8 Å². The van der Waals surface area contributed by atoms with Crippen molar-refractivity contribution in [3.05, 3.63) is 33.9 Å². The Labute approximate surface area is 106 Å². The van der Waals surface area contributed by atoms with E-state index in [-0.39, 0.29) is 16.9 Å². The maximum atomic E-state index is 11.2. The zero-order chi connectivity index (χ0) is 13.6. The fourth-order valence-corrected chi connectivity index (χ4v) is 2.10. The van der Waals surface area contributed by atoms with Crippen LogP contribution in [0.4, 0.5) is 0 Å². The lowest BCUT2D eigenvalue weighted by Gasteiger charge is -2.23. The van der Waals surface area contributed by atoms with Crippen molar-refractivity contribution in [2.75, 3.05) is 0 Å². The van der Waals surface area contributed by atoms with E-state index in [1.807, 2.05) is 0 Å². The lowest BCUT2D eigenvalue weighted by atomic mass is 9.84. The number of carboxylic acids is 1. The molecule has 100 valence electrons. The maximum Gasteiger partial charge on any atom is 0.335 e. The van der Waals surface area contributed by atoms with Crippen LogP contribution in [0.2, 0.25) is 0 Å². The maximum absolute atomic E-state index is 11.2. The molecule has 0 aromatic carbocycles. The summed E-state index contributed by atoms with van der Waals surface area (Å²) in [6, 6.07) is 0. The molecule has 5 heteroatoms. The van der Waals surface area contributed by atoms with Crippen LogP contribution in [-0.4, -0.2) is 21.5 Å². The SMILES string of the molecule is CCCCCCC1([N+](=O)[O-])C=CC(C(=O)O)=CC1. The first-order chi connectivity index (χ1) is 8.52. The van der Waals surface area contributed by atoms with Gasteiger partial charge in [-0.1, -0.05) is 32.3 Å². The minimum atomic E-state index is -1.10. The number of carboxylic acid groups (broad SMARTS) is 1. The molecule has 5 nitrogen and oxygen atoms in total. The van der Waals surface area contributed by atoms with Gasteiger partial charge < -0.3 is 5.11 Å². The molecule has 1 unspecified atom stereocenters. The second kappa shape index (κ2) is 6.33. The third kappa shape index (κ3) is 3.42. The summed E-state index contributed by atoms with van der Waals surface area (Å²) in [7, 11) is 0. The molecule has 1 aliphatic carbocycles. The van der Waals surface area contributed by atoms with E-state index in [9.17, 15) is 14.9 Å². The summed E-state index contributed by atoms with van der Waals surface area (Å²) < 4.78 is 0. The first-order valence-electron chi connectivity index (χ1n) is 6.29. The van der Waals surface area contributed by atoms with Gasteiger partial charge in [-0.3, -0.25) is 10.1 Å². The lowest BCUT2D eigenvalue weighted by Crippen LogP contribution is -2.37. The van der Waals surface area contributed by atoms with E-state index >= 15 is 0 Å². The lowest BCUT2D eigenvalue weighted by molar-refractivity contribution is -0.555. The van der Waals surface area contributed by atoms with Gasteiger partial charge in [0.25, 0.3) is 0 Å². The van der Waals surface area contributed by atoms with Gasteiger partial charge in [-0.2, -0.15) is 0 Å². The highest BCUT2D eigenvalue weighted by molar-refractivity contribution is 5.90. The van der Waals surface area contributed by atoms with E-state index in [4.69, 9.17) is 5.11 Å². The summed E-state index contributed by atoms with van der Waals surface area (Å²) in [6.07, 6.45) is 8.84. The molecule has 0 saturated carbocycles. The van der Waals surface area contributed by atoms with Crippen molar-refractivity contribution in [3.63, 3.8) is 0 Å². The zero-order valence-corrected chi connectivity index (χ0v) is 10.6. The topological polar surface area (TPSA) is 80.4 Å². The van der Waals surface area contributed by atoms with E-state index in [1.165, 1.54) is 18.2 Å². The third-order valence-electron chi connectivity index (χ3n) is 3.32. The third-order valence-corrected chi connectivity index (χ3v) is 3.32. The van der Waals surface area contributed by atoms with Crippen molar-refractivity contribution in [1.82, 2.24) is 0 Å². The van der Waals surface area contributed by atoms with Crippen molar-refractivity contribution < 1.29 is 14.8 Å². The highest BCUT2D eigenvalue weighted by Crippen LogP contribution is 2.30. The van der Waals surface area contributed by atoms with Gasteiger partial charge in [-0.25, -0.2) is 4.79 Å². The molecule has 0 aliphatic heterocycles. The molecule has 0 bridgehead atoms. The molecule has 0 fully saturated rings. The van der Waals surface area contributed by atoms with Crippen molar-refractivity contribution in [2.24, 2.45) is 0 Å². The predicted octanol–water partition coefficient (Wildman–Crippen LogP) is 2.94. The average Bonchev–Trinajstić information content (AvgIpc) is 2.35. The first kappa shape index (κ1) is 14.4. The molecule has 0 radical (unpaired) electrons. The van der Waals surface area contributed by atoms with Crippen LogP contribution < -0.4 is 0 Å². The Bertz CT molecular complexity index is 386. The van der Waals surface area contributed by atoms with Gasteiger partial charge in [-0.15, -0.1) is 0 Å². The Morgan fingerprint density at radius 2 is 2.22 bits per heavy atom. The molecule has 0 spiro atoms. The summed E-state index contributed by atoms with van der Waals surface area (Å²) in [5.41, 5.74) is -0.965. The summed E-state index contributed by atoms with van der Waals surface area (Å²) in [5, 5.41) is 20.0. The molecule has 0 aromatic heterocycles. The molecule has 0 aromatic rings. The molecule has 0 amide bonds. The van der Waals surface area contributed by atoms with Crippen LogP contribution in [0.25, 0.3) is 0 Å². The fourth-order valence-electron chi connectivity index (χ4n) is 2.10. The Hall–Kier alpha value is -1.65. The fraction of sp³-hybridized carbons (Fsp3) is 0.615. The van der Waals surface area contributed by atoms with Crippen LogP contribution in [0, 0.1) is 10.1 Å². The van der Waals surface area contributed by atoms with Crippen molar-refractivity contribution >= 4 is 5.97 Å². The number of hydrogen-bond acceptors (Lipinski definition) is 3. The van der Waals surface area contributed by atoms with E-state index in [0.717, 1.165) is 25.7 Å². The predicted molar refractivity (Wildman–Crippen MR) is 68.0 cm³/mol. The van der Waals surface area contributed by atoms with Crippen LogP contribution in [0.15, 0.2) is 23.8 Å². The minimum Gasteiger partial charge on any atom is -0.478 e. The Kier molecular flexibility index (Phi) is 5.07. The van der Waals surface area contributed by atoms with Crippen molar-refractivity contribution in [3.8, 4) is 0 Å². The second-order valence-corrected chi connectivity index (χ2v) is 4.67. The molecule has 1 rings (SSSR count). The van der Waals surface area contributed by atoms with Crippen LogP contribution in [0.1, 0.15) is 45.4 Å². The molecule has 1 aliphatic rings. The Balaban J connectivity index is 2.66. The molecule has 18 heavy (non-hydrogen) atoms. The van der Waals surface area contributed by atoms with Gasteiger partial charge >= 0.3 is 5.97 Å². The molecule has 1 N–H and O–H groups in total. The summed E-state index contributed by atoms with van der Waals surface area (Å²) in [4.78, 5) is 21.7. The van der Waals surface area contributed by atoms with E-state index in [2.05, 4.69) is 6.92 Å². The highest BCUT2D eigenvalue weighted by Gasteiger charge is 2.40. The highest BCUT2D eigenvalue weighted by atomic mass is 16.6. The Morgan fingerprint density at radius 3 is 2.67 bits per heavy atom. The van der Waals surface area contributed by atoms with Crippen LogP contribution in [-0.2, 0) is 4.79 Å². The summed E-state index contributed by atoms with van der Waals surface area (Å²) >= 11 is 0. The van der Waals surface area contributed by atoms with E-state index in [0.29, 0.717) is 6.42 Å². The molecule has 1 atom stereocenters. The van der Waals surface area contributed by atoms with E-state index in [1.54, 1.807) is 0 Å². The number of rotatable bonds is 7. The number of carbonyl (C=O) groups is 1. The minimum absolute atomic E-state index is 0.140. The van der Waals surface area contributed by atoms with Gasteiger partial charge in [-0.05, 0) is 18.6 Å². The van der Waals surface area contributed by atoms with Gasteiger partial charge in [0.2, 0.25) is 5.54 Å². The smallest absolute Gasteiger partial charge is 0.335 e. The number of unbranched alkanes of at least 4 members (excludes halogenated alkanes) is 3. The largest absolute Gasteiger partial charge is 0.478 e. The first-order valence-corrected chi connectivity index (χ1v) is 6.29. The van der Waals surface area contributed by atoms with E-state index < -0.39 is 11.5 Å². The van der Waals surface area contributed by atoms with Crippen LogP contribution in [0.3, 0.4) is 0 Å². The summed E-state index contributed by atoms with van der Waals surface area (Å²) in [5.74, 6) is -1.03. The molecule has 0 heterocycles. The number of aliphatic carboxylic acids is 1. The van der Waals surface area contributed by atoms with Crippen LogP contribution in [0.5, 0.6) is 0 Å². The number of nitrogens with zero attached hydrogens (tertiary/aromatic N) is 1. The molecular formula is C13H19NO4. The molecule has 0 saturated heterocycles. The zero-order valence-electron chi connectivity index (χ0n) is 10.6. The Morgan fingerprint density at radius 1 is 1.50 bits per heavy atom. The number of nitro groups is 1. The quantitative estimate of drug-likeness (QED) is 0.429. The second-order valence-electron chi connectivity index (χ2n) is 4.67. The molecular weight excluding hydrogens is 234 g/mol. The van der Waals surface area contributed by atoms with Gasteiger partial charge in [0.05, 0.1) is 5.57 Å². The summed E-state index contributed by atoms with van der Waals surface area (Å²) in [6.45, 7) is 2.09. The standard InChI is InChI=1S/C13H19NO4/c1-2-3-4-5-8-13(14(17)18)9-6-11(7-10-13)12(15)16/h6-7,9H,2-5,8,10H2,1H3,(H,15,16). The van der Waals surface area contributed by atoms with Crippen LogP contribution >= 0.6 is 0 Å². The number of hydrogen-bond donors (Lipinski definition) is 1. The average molecular weight is 253 g/mol. The normalized spacial score (nSPS) is 22.6. The van der Waals surface area contributed by atoms with Gasteiger partial charge in [0.15, 0.2) is 0 Å².